The second kappa shape index (κ2) is 9.22. The number of hydrogen-bond acceptors (Lipinski definition) is 6. The van der Waals surface area contributed by atoms with Gasteiger partial charge in [-0.05, 0) is 55.4 Å². The number of aromatic nitrogens is 3. The highest BCUT2D eigenvalue weighted by molar-refractivity contribution is 7.13. The number of para-hydroxylation sites is 1. The summed E-state index contributed by atoms with van der Waals surface area (Å²) in [5, 5.41) is 3.75. The van der Waals surface area contributed by atoms with Crippen molar-refractivity contribution in [3.05, 3.63) is 64.4 Å². The van der Waals surface area contributed by atoms with Crippen molar-refractivity contribution in [2.75, 3.05) is 26.2 Å². The van der Waals surface area contributed by atoms with Crippen LogP contribution < -0.4 is 10.3 Å². The maximum Gasteiger partial charge on any atom is 0.257 e. The summed E-state index contributed by atoms with van der Waals surface area (Å²) in [5.74, 6) is 1.33. The minimum absolute atomic E-state index is 0.132. The molecule has 1 atom stereocenters. The van der Waals surface area contributed by atoms with Gasteiger partial charge in [-0.25, -0.2) is 9.97 Å². The van der Waals surface area contributed by atoms with Crippen LogP contribution in [0.1, 0.15) is 19.8 Å². The van der Waals surface area contributed by atoms with Crippen molar-refractivity contribution < 1.29 is 4.74 Å². The van der Waals surface area contributed by atoms with Crippen LogP contribution in [-0.2, 0) is 0 Å². The van der Waals surface area contributed by atoms with Crippen LogP contribution in [0.15, 0.2) is 58.8 Å². The number of nitrogens with one attached hydrogen (secondary N) is 1. The molecule has 0 spiro atoms. The quantitative estimate of drug-likeness (QED) is 0.441. The van der Waals surface area contributed by atoms with Crippen molar-refractivity contribution in [3.63, 3.8) is 0 Å². The number of H-pyrrole nitrogens is 1. The molecule has 32 heavy (non-hydrogen) atoms. The van der Waals surface area contributed by atoms with Crippen molar-refractivity contribution in [1.29, 1.82) is 0 Å². The first-order valence-corrected chi connectivity index (χ1v) is 12.0. The Morgan fingerprint density at radius 3 is 3.03 bits per heavy atom. The van der Waals surface area contributed by atoms with E-state index in [4.69, 9.17) is 9.72 Å². The van der Waals surface area contributed by atoms with Crippen LogP contribution in [0.3, 0.4) is 0 Å². The average Bonchev–Trinajstić information content (AvgIpc) is 3.49. The van der Waals surface area contributed by atoms with Crippen LogP contribution in [0.5, 0.6) is 5.88 Å². The number of thiazole rings is 1. The first-order valence-electron chi connectivity index (χ1n) is 11.1. The van der Waals surface area contributed by atoms with Gasteiger partial charge in [0.05, 0.1) is 17.9 Å². The third kappa shape index (κ3) is 4.45. The fourth-order valence-electron chi connectivity index (χ4n) is 4.25. The summed E-state index contributed by atoms with van der Waals surface area (Å²) in [6, 6.07) is 13.5. The van der Waals surface area contributed by atoms with Gasteiger partial charge in [-0.3, -0.25) is 4.79 Å². The van der Waals surface area contributed by atoms with E-state index in [1.54, 1.807) is 6.20 Å². The lowest BCUT2D eigenvalue weighted by atomic mass is 10.1. The van der Waals surface area contributed by atoms with Gasteiger partial charge in [0, 0.05) is 35.3 Å². The highest BCUT2D eigenvalue weighted by Gasteiger charge is 2.21. The van der Waals surface area contributed by atoms with Crippen LogP contribution in [0, 0.1) is 5.92 Å². The van der Waals surface area contributed by atoms with E-state index >= 15 is 0 Å². The molecule has 0 radical (unpaired) electrons. The molecule has 4 heterocycles. The molecule has 4 aromatic rings. The number of benzene rings is 1. The molecule has 1 aliphatic heterocycles. The van der Waals surface area contributed by atoms with Crippen molar-refractivity contribution >= 4 is 22.2 Å². The molecule has 1 N–H and O–H groups in total. The Morgan fingerprint density at radius 1 is 1.25 bits per heavy atom. The summed E-state index contributed by atoms with van der Waals surface area (Å²) in [6.45, 7) is 6.38. The lowest BCUT2D eigenvalue weighted by Gasteiger charge is -2.13. The van der Waals surface area contributed by atoms with E-state index in [1.807, 2.05) is 47.8 Å². The third-order valence-corrected chi connectivity index (χ3v) is 7.00. The molecular formula is C25H26N4O2S. The van der Waals surface area contributed by atoms with E-state index in [-0.39, 0.29) is 5.56 Å². The first kappa shape index (κ1) is 20.8. The fourth-order valence-corrected chi connectivity index (χ4v) is 5.07. The molecule has 1 saturated heterocycles. The SMILES string of the molecule is CCN1CCC(CCOc2cc(-c3nc(-c4cc5ccccc5[nH]c4=O)cs3)ccn2)C1. The van der Waals surface area contributed by atoms with Crippen LogP contribution >= 0.6 is 11.3 Å². The lowest BCUT2D eigenvalue weighted by Crippen LogP contribution is -2.20. The zero-order valence-corrected chi connectivity index (χ0v) is 18.9. The molecule has 0 amide bonds. The second-order valence-corrected chi connectivity index (χ2v) is 9.06. The Balaban J connectivity index is 1.29. The standard InChI is InChI=1S/C25H26N4O2S/c1-2-29-11-8-17(15-29)9-12-31-23-14-19(7-10-26-23)25-28-22(16-32-25)20-13-18-5-3-4-6-21(18)27-24(20)30/h3-7,10,13-14,16-17H,2,8-9,11-12,15H2,1H3,(H,27,30). The molecule has 1 unspecified atom stereocenters. The van der Waals surface area contributed by atoms with E-state index in [0.29, 0.717) is 29.7 Å². The topological polar surface area (TPSA) is 71.1 Å². The number of pyridine rings is 2. The van der Waals surface area contributed by atoms with E-state index in [0.717, 1.165) is 34.4 Å². The first-order chi connectivity index (χ1) is 15.7. The van der Waals surface area contributed by atoms with Crippen molar-refractivity contribution in [3.8, 4) is 27.7 Å². The summed E-state index contributed by atoms with van der Waals surface area (Å²) >= 11 is 1.51. The molecule has 0 aliphatic carbocycles. The van der Waals surface area contributed by atoms with Crippen LogP contribution in [-0.4, -0.2) is 46.1 Å². The van der Waals surface area contributed by atoms with Crippen molar-refractivity contribution in [1.82, 2.24) is 19.9 Å². The normalized spacial score (nSPS) is 16.6. The number of hydrogen-bond donors (Lipinski definition) is 1. The summed E-state index contributed by atoms with van der Waals surface area (Å²) in [4.78, 5) is 27.1. The Bertz CT molecular complexity index is 1280. The minimum Gasteiger partial charge on any atom is -0.478 e. The van der Waals surface area contributed by atoms with Gasteiger partial charge in [0.2, 0.25) is 5.88 Å². The number of rotatable bonds is 7. The van der Waals surface area contributed by atoms with Crippen molar-refractivity contribution in [2.24, 2.45) is 5.92 Å². The minimum atomic E-state index is -0.132. The maximum absolute atomic E-state index is 12.6. The van der Waals surface area contributed by atoms with Gasteiger partial charge in [-0.15, -0.1) is 11.3 Å². The predicted molar refractivity (Wildman–Crippen MR) is 129 cm³/mol. The van der Waals surface area contributed by atoms with Gasteiger partial charge in [0.1, 0.15) is 5.01 Å². The van der Waals surface area contributed by atoms with Gasteiger partial charge in [0.25, 0.3) is 5.56 Å². The molecule has 5 rings (SSSR count). The molecule has 1 fully saturated rings. The van der Waals surface area contributed by atoms with E-state index in [2.05, 4.69) is 21.8 Å². The Morgan fingerprint density at radius 2 is 2.16 bits per heavy atom. The van der Waals surface area contributed by atoms with Gasteiger partial charge >= 0.3 is 0 Å². The van der Waals surface area contributed by atoms with Gasteiger partial charge in [-0.2, -0.15) is 0 Å². The van der Waals surface area contributed by atoms with E-state index < -0.39 is 0 Å². The van der Waals surface area contributed by atoms with E-state index in [9.17, 15) is 4.79 Å². The molecule has 0 saturated carbocycles. The number of aromatic amines is 1. The number of ether oxygens (including phenoxy) is 1. The molecule has 6 nitrogen and oxygen atoms in total. The Hall–Kier alpha value is -3.03. The zero-order chi connectivity index (χ0) is 21.9. The van der Waals surface area contributed by atoms with Crippen LogP contribution in [0.2, 0.25) is 0 Å². The van der Waals surface area contributed by atoms with Gasteiger partial charge in [-0.1, -0.05) is 25.1 Å². The molecule has 7 heteroatoms. The monoisotopic (exact) mass is 446 g/mol. The number of likely N-dealkylation sites (tertiary alicyclic amines) is 1. The molecular weight excluding hydrogens is 420 g/mol. The largest absolute Gasteiger partial charge is 0.478 e. The zero-order valence-electron chi connectivity index (χ0n) is 18.1. The summed E-state index contributed by atoms with van der Waals surface area (Å²) in [5.41, 5.74) is 2.90. The predicted octanol–water partition coefficient (Wildman–Crippen LogP) is 4.82. The average molecular weight is 447 g/mol. The molecule has 1 aromatic carbocycles. The molecule has 0 bridgehead atoms. The summed E-state index contributed by atoms with van der Waals surface area (Å²) < 4.78 is 5.95. The van der Waals surface area contributed by atoms with Crippen molar-refractivity contribution in [2.45, 2.75) is 19.8 Å². The second-order valence-electron chi connectivity index (χ2n) is 8.21. The number of nitrogens with zero attached hydrogens (tertiary/aromatic N) is 3. The Labute approximate surface area is 190 Å². The highest BCUT2D eigenvalue weighted by Crippen LogP contribution is 2.30. The summed E-state index contributed by atoms with van der Waals surface area (Å²) in [6.07, 6.45) is 4.05. The van der Waals surface area contributed by atoms with Gasteiger partial charge < -0.3 is 14.6 Å². The highest BCUT2D eigenvalue weighted by atomic mass is 32.1. The van der Waals surface area contributed by atoms with Crippen LogP contribution in [0.25, 0.3) is 32.7 Å². The van der Waals surface area contributed by atoms with Crippen LogP contribution in [0.4, 0.5) is 0 Å². The smallest absolute Gasteiger partial charge is 0.257 e. The fraction of sp³-hybridized carbons (Fsp3) is 0.320. The number of fused-ring (bicyclic) bond motifs is 1. The maximum atomic E-state index is 12.6. The van der Waals surface area contributed by atoms with Gasteiger partial charge in [0.15, 0.2) is 0 Å². The lowest BCUT2D eigenvalue weighted by molar-refractivity contribution is 0.263. The molecule has 164 valence electrons. The Kier molecular flexibility index (Phi) is 6.01. The van der Waals surface area contributed by atoms with E-state index in [1.165, 1.54) is 30.8 Å². The third-order valence-electron chi connectivity index (χ3n) is 6.11. The summed E-state index contributed by atoms with van der Waals surface area (Å²) in [7, 11) is 0. The molecule has 1 aliphatic rings. The molecule has 3 aromatic heterocycles.